The fourth-order valence-electron chi connectivity index (χ4n) is 1.90. The number of nitrogens with zero attached hydrogens (tertiary/aromatic N) is 2. The topological polar surface area (TPSA) is 36.4 Å². The lowest BCUT2D eigenvalue weighted by atomic mass is 10.1. The molecule has 3 heteroatoms. The van der Waals surface area contributed by atoms with Gasteiger partial charge in [-0.25, -0.2) is 0 Å². The van der Waals surface area contributed by atoms with Crippen LogP contribution in [0.15, 0.2) is 24.5 Å². The molecule has 1 aromatic rings. The lowest BCUT2D eigenvalue weighted by molar-refractivity contribution is 0.296. The monoisotopic (exact) mass is 208 g/mol. The van der Waals surface area contributed by atoms with Crippen molar-refractivity contribution in [1.82, 2.24) is 4.98 Å². The minimum Gasteiger partial charge on any atom is -0.395 e. The van der Waals surface area contributed by atoms with Gasteiger partial charge in [-0.1, -0.05) is 13.8 Å². The van der Waals surface area contributed by atoms with Crippen LogP contribution in [0.1, 0.15) is 26.7 Å². The molecule has 0 aliphatic carbocycles. The van der Waals surface area contributed by atoms with E-state index in [0.717, 1.165) is 18.5 Å². The number of aromatic nitrogens is 1. The zero-order chi connectivity index (χ0) is 11.1. The smallest absolute Gasteiger partial charge is 0.0606 e. The van der Waals surface area contributed by atoms with E-state index in [1.807, 2.05) is 12.1 Å². The maximum absolute atomic E-state index is 9.08. The molecule has 0 saturated heterocycles. The van der Waals surface area contributed by atoms with Crippen LogP contribution in [0.2, 0.25) is 0 Å². The van der Waals surface area contributed by atoms with E-state index in [-0.39, 0.29) is 6.61 Å². The van der Waals surface area contributed by atoms with E-state index in [9.17, 15) is 0 Å². The summed E-state index contributed by atoms with van der Waals surface area (Å²) in [5.41, 5.74) is 1.15. The van der Waals surface area contributed by atoms with Gasteiger partial charge < -0.3 is 10.0 Å². The maximum atomic E-state index is 9.08. The van der Waals surface area contributed by atoms with Crippen LogP contribution in [0.5, 0.6) is 0 Å². The van der Waals surface area contributed by atoms with Crippen molar-refractivity contribution in [1.29, 1.82) is 0 Å². The Morgan fingerprint density at radius 1 is 1.27 bits per heavy atom. The third-order valence-corrected chi connectivity index (χ3v) is 2.72. The Morgan fingerprint density at radius 3 is 2.33 bits per heavy atom. The van der Waals surface area contributed by atoms with Crippen LogP contribution in [0.25, 0.3) is 0 Å². The summed E-state index contributed by atoms with van der Waals surface area (Å²) in [7, 11) is 0. The largest absolute Gasteiger partial charge is 0.395 e. The maximum Gasteiger partial charge on any atom is 0.0606 e. The van der Waals surface area contributed by atoms with Gasteiger partial charge in [-0.2, -0.15) is 0 Å². The highest BCUT2D eigenvalue weighted by Crippen LogP contribution is 2.18. The standard InChI is InChI=1S/C12H20N2O/c1-3-11(4-2)14(9-10-15)12-5-7-13-8-6-12/h5-8,11,15H,3-4,9-10H2,1-2H3. The molecule has 0 saturated carbocycles. The fourth-order valence-corrected chi connectivity index (χ4v) is 1.90. The van der Waals surface area contributed by atoms with E-state index in [2.05, 4.69) is 23.7 Å². The molecule has 0 aromatic carbocycles. The van der Waals surface area contributed by atoms with Crippen molar-refractivity contribution in [3.8, 4) is 0 Å². The Morgan fingerprint density at radius 2 is 1.87 bits per heavy atom. The van der Waals surface area contributed by atoms with Crippen molar-refractivity contribution in [2.45, 2.75) is 32.7 Å². The lowest BCUT2D eigenvalue weighted by Gasteiger charge is -2.31. The molecular weight excluding hydrogens is 188 g/mol. The first kappa shape index (κ1) is 12.0. The van der Waals surface area contributed by atoms with Crippen LogP contribution in [-0.2, 0) is 0 Å². The molecule has 1 N–H and O–H groups in total. The SMILES string of the molecule is CCC(CC)N(CCO)c1ccncc1. The second-order valence-corrected chi connectivity index (χ2v) is 3.59. The van der Waals surface area contributed by atoms with Crippen molar-refractivity contribution >= 4 is 5.69 Å². The minimum absolute atomic E-state index is 0.193. The molecule has 0 fully saturated rings. The van der Waals surface area contributed by atoms with Gasteiger partial charge in [-0.15, -0.1) is 0 Å². The second kappa shape index (κ2) is 6.40. The molecule has 1 heterocycles. The second-order valence-electron chi connectivity index (χ2n) is 3.59. The molecule has 0 aliphatic heterocycles. The molecule has 0 atom stereocenters. The van der Waals surface area contributed by atoms with Crippen molar-refractivity contribution in [2.24, 2.45) is 0 Å². The predicted octanol–water partition coefficient (Wildman–Crippen LogP) is 2.07. The average Bonchev–Trinajstić information content (AvgIpc) is 2.30. The van der Waals surface area contributed by atoms with Gasteiger partial charge in [0.1, 0.15) is 0 Å². The van der Waals surface area contributed by atoms with Gasteiger partial charge in [0.2, 0.25) is 0 Å². The molecule has 0 unspecified atom stereocenters. The predicted molar refractivity (Wildman–Crippen MR) is 63.0 cm³/mol. The summed E-state index contributed by atoms with van der Waals surface area (Å²) in [5, 5.41) is 9.08. The van der Waals surface area contributed by atoms with Gasteiger partial charge in [0.25, 0.3) is 0 Å². The molecular formula is C12H20N2O. The van der Waals surface area contributed by atoms with Crippen LogP contribution >= 0.6 is 0 Å². The van der Waals surface area contributed by atoms with Gasteiger partial charge in [-0.05, 0) is 25.0 Å². The number of hydrogen-bond acceptors (Lipinski definition) is 3. The number of aliphatic hydroxyl groups excluding tert-OH is 1. The van der Waals surface area contributed by atoms with Gasteiger partial charge in [0.15, 0.2) is 0 Å². The molecule has 0 amide bonds. The van der Waals surface area contributed by atoms with E-state index < -0.39 is 0 Å². The van der Waals surface area contributed by atoms with Crippen LogP contribution in [-0.4, -0.2) is 29.3 Å². The first-order valence-electron chi connectivity index (χ1n) is 5.61. The quantitative estimate of drug-likeness (QED) is 0.777. The molecule has 0 bridgehead atoms. The van der Waals surface area contributed by atoms with Crippen LogP contribution < -0.4 is 4.90 Å². The summed E-state index contributed by atoms with van der Waals surface area (Å²) in [6, 6.07) is 4.49. The van der Waals surface area contributed by atoms with Gasteiger partial charge in [0.05, 0.1) is 6.61 Å². The number of pyridine rings is 1. The molecule has 1 rings (SSSR count). The summed E-state index contributed by atoms with van der Waals surface area (Å²) in [6.45, 7) is 5.24. The normalized spacial score (nSPS) is 10.7. The van der Waals surface area contributed by atoms with Crippen LogP contribution in [0.3, 0.4) is 0 Å². The van der Waals surface area contributed by atoms with E-state index in [1.54, 1.807) is 12.4 Å². The van der Waals surface area contributed by atoms with Gasteiger partial charge in [0, 0.05) is 30.7 Å². The highest BCUT2D eigenvalue weighted by atomic mass is 16.3. The number of anilines is 1. The summed E-state index contributed by atoms with van der Waals surface area (Å²) < 4.78 is 0. The zero-order valence-electron chi connectivity index (χ0n) is 9.56. The molecule has 0 radical (unpaired) electrons. The first-order chi connectivity index (χ1) is 7.33. The molecule has 15 heavy (non-hydrogen) atoms. The Hall–Kier alpha value is -1.09. The summed E-state index contributed by atoms with van der Waals surface area (Å²) >= 11 is 0. The zero-order valence-corrected chi connectivity index (χ0v) is 9.56. The molecule has 84 valence electrons. The fraction of sp³-hybridized carbons (Fsp3) is 0.583. The summed E-state index contributed by atoms with van der Waals surface area (Å²) in [4.78, 5) is 6.26. The average molecular weight is 208 g/mol. The summed E-state index contributed by atoms with van der Waals surface area (Å²) in [5.74, 6) is 0. The number of hydrogen-bond donors (Lipinski definition) is 1. The third-order valence-electron chi connectivity index (χ3n) is 2.72. The number of aliphatic hydroxyl groups is 1. The van der Waals surface area contributed by atoms with E-state index in [1.165, 1.54) is 0 Å². The lowest BCUT2D eigenvalue weighted by Crippen LogP contribution is -2.36. The van der Waals surface area contributed by atoms with Crippen molar-refractivity contribution in [2.75, 3.05) is 18.1 Å². The Labute approximate surface area is 91.8 Å². The van der Waals surface area contributed by atoms with E-state index >= 15 is 0 Å². The van der Waals surface area contributed by atoms with E-state index in [0.29, 0.717) is 12.6 Å². The highest BCUT2D eigenvalue weighted by Gasteiger charge is 2.14. The van der Waals surface area contributed by atoms with Gasteiger partial charge in [-0.3, -0.25) is 4.98 Å². The highest BCUT2D eigenvalue weighted by molar-refractivity contribution is 5.45. The minimum atomic E-state index is 0.193. The van der Waals surface area contributed by atoms with E-state index in [4.69, 9.17) is 5.11 Å². The Bertz CT molecular complexity index is 260. The molecule has 1 aromatic heterocycles. The van der Waals surface area contributed by atoms with Crippen molar-refractivity contribution in [3.05, 3.63) is 24.5 Å². The van der Waals surface area contributed by atoms with Crippen molar-refractivity contribution < 1.29 is 5.11 Å². The Balaban J connectivity index is 2.81. The van der Waals surface area contributed by atoms with Crippen LogP contribution in [0, 0.1) is 0 Å². The molecule has 0 aliphatic rings. The number of rotatable bonds is 6. The van der Waals surface area contributed by atoms with Gasteiger partial charge >= 0.3 is 0 Å². The molecule has 0 spiro atoms. The summed E-state index contributed by atoms with van der Waals surface area (Å²) in [6.07, 6.45) is 5.78. The van der Waals surface area contributed by atoms with Crippen LogP contribution in [0.4, 0.5) is 5.69 Å². The third kappa shape index (κ3) is 3.20. The van der Waals surface area contributed by atoms with Crippen molar-refractivity contribution in [3.63, 3.8) is 0 Å². The molecule has 3 nitrogen and oxygen atoms in total. The first-order valence-corrected chi connectivity index (χ1v) is 5.61. The Kier molecular flexibility index (Phi) is 5.12.